The SMILES string of the molecule is Cn1nccc1S(=O)(=O)Nc1ccsc1C(=O)O. The van der Waals surface area contributed by atoms with Crippen LogP contribution in [0.15, 0.2) is 28.7 Å². The average molecular weight is 287 g/mol. The van der Waals surface area contributed by atoms with Gasteiger partial charge < -0.3 is 5.11 Å². The number of carbonyl (C=O) groups is 1. The molecule has 0 fully saturated rings. The number of aromatic nitrogens is 2. The molecule has 0 spiro atoms. The van der Waals surface area contributed by atoms with E-state index in [0.29, 0.717) is 0 Å². The fourth-order valence-corrected chi connectivity index (χ4v) is 3.33. The molecular weight excluding hydrogens is 278 g/mol. The van der Waals surface area contributed by atoms with Crippen LogP contribution in [0, 0.1) is 0 Å². The van der Waals surface area contributed by atoms with Gasteiger partial charge in [-0.3, -0.25) is 9.40 Å². The number of sulfonamides is 1. The molecule has 0 atom stereocenters. The summed E-state index contributed by atoms with van der Waals surface area (Å²) in [4.78, 5) is 10.8. The maximum atomic E-state index is 12.0. The second-order valence-electron chi connectivity index (χ2n) is 3.37. The van der Waals surface area contributed by atoms with E-state index in [-0.39, 0.29) is 15.6 Å². The van der Waals surface area contributed by atoms with E-state index in [2.05, 4.69) is 9.82 Å². The molecule has 7 nitrogen and oxygen atoms in total. The van der Waals surface area contributed by atoms with Crippen molar-refractivity contribution in [2.45, 2.75) is 5.03 Å². The smallest absolute Gasteiger partial charge is 0.348 e. The zero-order valence-corrected chi connectivity index (χ0v) is 10.8. The molecule has 2 heterocycles. The van der Waals surface area contributed by atoms with Crippen molar-refractivity contribution in [3.05, 3.63) is 28.6 Å². The van der Waals surface area contributed by atoms with Crippen LogP contribution in [0.1, 0.15) is 9.67 Å². The molecule has 96 valence electrons. The van der Waals surface area contributed by atoms with Crippen LogP contribution in [-0.4, -0.2) is 29.3 Å². The highest BCUT2D eigenvalue weighted by molar-refractivity contribution is 7.92. The molecule has 0 radical (unpaired) electrons. The number of aromatic carboxylic acids is 1. The summed E-state index contributed by atoms with van der Waals surface area (Å²) in [6.45, 7) is 0. The predicted molar refractivity (Wildman–Crippen MR) is 65.3 cm³/mol. The molecule has 0 bridgehead atoms. The number of thiophene rings is 1. The van der Waals surface area contributed by atoms with Crippen molar-refractivity contribution < 1.29 is 18.3 Å². The third-order valence-electron chi connectivity index (χ3n) is 2.16. The van der Waals surface area contributed by atoms with Crippen LogP contribution in [0.4, 0.5) is 5.69 Å². The summed E-state index contributed by atoms with van der Waals surface area (Å²) in [6.07, 6.45) is 1.35. The highest BCUT2D eigenvalue weighted by atomic mass is 32.2. The number of carboxylic acids is 1. The van der Waals surface area contributed by atoms with E-state index in [1.165, 1.54) is 35.4 Å². The minimum atomic E-state index is -3.83. The van der Waals surface area contributed by atoms with Crippen molar-refractivity contribution in [3.8, 4) is 0 Å². The molecule has 0 aromatic carbocycles. The van der Waals surface area contributed by atoms with Gasteiger partial charge in [0.25, 0.3) is 10.0 Å². The van der Waals surface area contributed by atoms with Crippen LogP contribution in [0.2, 0.25) is 0 Å². The first-order chi connectivity index (χ1) is 8.42. The third kappa shape index (κ3) is 2.22. The monoisotopic (exact) mass is 287 g/mol. The molecule has 2 aromatic heterocycles. The molecule has 2 aromatic rings. The van der Waals surface area contributed by atoms with Gasteiger partial charge in [0.15, 0.2) is 5.03 Å². The highest BCUT2D eigenvalue weighted by Crippen LogP contribution is 2.24. The average Bonchev–Trinajstić information content (AvgIpc) is 2.86. The van der Waals surface area contributed by atoms with Gasteiger partial charge >= 0.3 is 5.97 Å². The quantitative estimate of drug-likeness (QED) is 0.873. The third-order valence-corrected chi connectivity index (χ3v) is 4.50. The first kappa shape index (κ1) is 12.6. The largest absolute Gasteiger partial charge is 0.477 e. The Labute approximate surface area is 107 Å². The maximum absolute atomic E-state index is 12.0. The Hall–Kier alpha value is -1.87. The van der Waals surface area contributed by atoms with Crippen molar-refractivity contribution >= 4 is 33.0 Å². The number of rotatable bonds is 4. The molecule has 0 amide bonds. The number of carboxylic acid groups (broad SMARTS) is 1. The van der Waals surface area contributed by atoms with Crippen LogP contribution in [0.5, 0.6) is 0 Å². The van der Waals surface area contributed by atoms with E-state index >= 15 is 0 Å². The van der Waals surface area contributed by atoms with Crippen molar-refractivity contribution in [3.63, 3.8) is 0 Å². The van der Waals surface area contributed by atoms with Gasteiger partial charge in [0, 0.05) is 7.05 Å². The van der Waals surface area contributed by atoms with Gasteiger partial charge in [-0.15, -0.1) is 11.3 Å². The fourth-order valence-electron chi connectivity index (χ4n) is 1.38. The summed E-state index contributed by atoms with van der Waals surface area (Å²) >= 11 is 0.951. The van der Waals surface area contributed by atoms with Gasteiger partial charge in [-0.05, 0) is 17.5 Å². The van der Waals surface area contributed by atoms with E-state index in [0.717, 1.165) is 11.3 Å². The minimum absolute atomic E-state index is 0.0370. The molecule has 0 aliphatic rings. The molecule has 0 saturated heterocycles. The van der Waals surface area contributed by atoms with Gasteiger partial charge in [0.2, 0.25) is 0 Å². The molecule has 2 N–H and O–H groups in total. The summed E-state index contributed by atoms with van der Waals surface area (Å²) in [6, 6.07) is 2.73. The highest BCUT2D eigenvalue weighted by Gasteiger charge is 2.21. The first-order valence-corrected chi connectivity index (χ1v) is 7.09. The first-order valence-electron chi connectivity index (χ1n) is 4.73. The Balaban J connectivity index is 2.37. The molecular formula is C9H9N3O4S2. The summed E-state index contributed by atoms with van der Waals surface area (Å²) in [5.41, 5.74) is 0.0497. The lowest BCUT2D eigenvalue weighted by atomic mass is 10.4. The molecule has 0 saturated carbocycles. The van der Waals surface area contributed by atoms with Crippen LogP contribution in [0.25, 0.3) is 0 Å². The standard InChI is InChI=1S/C9H9N3O4S2/c1-12-7(2-4-10-12)18(15,16)11-6-3-5-17-8(6)9(13)14/h2-5,11H,1H3,(H,13,14). The van der Waals surface area contributed by atoms with Crippen molar-refractivity contribution in [2.75, 3.05) is 4.72 Å². The topological polar surface area (TPSA) is 101 Å². The fraction of sp³-hybridized carbons (Fsp3) is 0.111. The van der Waals surface area contributed by atoms with E-state index in [1.54, 1.807) is 0 Å². The number of aryl methyl sites for hydroxylation is 1. The van der Waals surface area contributed by atoms with E-state index in [1.807, 2.05) is 0 Å². The van der Waals surface area contributed by atoms with Gasteiger partial charge in [-0.1, -0.05) is 0 Å². The number of hydrogen-bond acceptors (Lipinski definition) is 5. The molecule has 18 heavy (non-hydrogen) atoms. The number of nitrogens with one attached hydrogen (secondary N) is 1. The van der Waals surface area contributed by atoms with Crippen molar-refractivity contribution in [1.29, 1.82) is 0 Å². The lowest BCUT2D eigenvalue weighted by molar-refractivity contribution is 0.0703. The molecule has 0 unspecified atom stereocenters. The van der Waals surface area contributed by atoms with E-state index in [9.17, 15) is 13.2 Å². The predicted octanol–water partition coefficient (Wildman–Crippen LogP) is 0.981. The zero-order valence-electron chi connectivity index (χ0n) is 9.19. The summed E-state index contributed by atoms with van der Waals surface area (Å²) in [5, 5.41) is 14.1. The van der Waals surface area contributed by atoms with Gasteiger partial charge in [-0.25, -0.2) is 4.79 Å². The maximum Gasteiger partial charge on any atom is 0.348 e. The Morgan fingerprint density at radius 2 is 2.22 bits per heavy atom. The minimum Gasteiger partial charge on any atom is -0.477 e. The van der Waals surface area contributed by atoms with Crippen LogP contribution in [-0.2, 0) is 17.1 Å². The number of anilines is 1. The summed E-state index contributed by atoms with van der Waals surface area (Å²) in [7, 11) is -2.35. The Morgan fingerprint density at radius 1 is 1.50 bits per heavy atom. The van der Waals surface area contributed by atoms with Gasteiger partial charge in [0.05, 0.1) is 11.9 Å². The van der Waals surface area contributed by atoms with Crippen LogP contribution in [0.3, 0.4) is 0 Å². The normalized spacial score (nSPS) is 11.4. The van der Waals surface area contributed by atoms with Crippen molar-refractivity contribution in [2.24, 2.45) is 7.05 Å². The molecule has 0 aliphatic carbocycles. The number of nitrogens with zero attached hydrogens (tertiary/aromatic N) is 2. The van der Waals surface area contributed by atoms with Crippen molar-refractivity contribution in [1.82, 2.24) is 9.78 Å². The molecule has 9 heteroatoms. The van der Waals surface area contributed by atoms with E-state index in [4.69, 9.17) is 5.11 Å². The van der Waals surface area contributed by atoms with E-state index < -0.39 is 16.0 Å². The van der Waals surface area contributed by atoms with Crippen LogP contribution >= 0.6 is 11.3 Å². The van der Waals surface area contributed by atoms with Gasteiger partial charge in [-0.2, -0.15) is 13.5 Å². The summed E-state index contributed by atoms with van der Waals surface area (Å²) < 4.78 is 27.4. The van der Waals surface area contributed by atoms with Crippen LogP contribution < -0.4 is 4.72 Å². The number of hydrogen-bond donors (Lipinski definition) is 2. The lowest BCUT2D eigenvalue weighted by Crippen LogP contribution is -2.17. The molecule has 2 rings (SSSR count). The summed E-state index contributed by atoms with van der Waals surface area (Å²) in [5.74, 6) is -1.17. The second kappa shape index (κ2) is 4.42. The Kier molecular flexibility index (Phi) is 3.09. The zero-order chi connectivity index (χ0) is 13.3. The lowest BCUT2D eigenvalue weighted by Gasteiger charge is -2.07. The van der Waals surface area contributed by atoms with Gasteiger partial charge in [0.1, 0.15) is 4.88 Å². The second-order valence-corrected chi connectivity index (χ2v) is 5.91. The Bertz CT molecular complexity index is 686. The molecule has 0 aliphatic heterocycles. The Morgan fingerprint density at radius 3 is 2.78 bits per heavy atom.